The van der Waals surface area contributed by atoms with E-state index in [0.29, 0.717) is 53.8 Å². The highest BCUT2D eigenvalue weighted by Gasteiger charge is 2.40. The number of H-pyrrole nitrogens is 1. The number of fused-ring (bicyclic) bond motifs is 2. The summed E-state index contributed by atoms with van der Waals surface area (Å²) in [5.41, 5.74) is 1.59. The van der Waals surface area contributed by atoms with Crippen molar-refractivity contribution in [2.24, 2.45) is 0 Å². The molecule has 6 rings (SSSR count). The number of hydrogen-bond donors (Lipinski definition) is 2. The molecule has 2 atom stereocenters. The molecule has 222 valence electrons. The summed E-state index contributed by atoms with van der Waals surface area (Å²) in [7, 11) is -3.92. The number of rotatable bonds is 5. The van der Waals surface area contributed by atoms with Gasteiger partial charge in [0.25, 0.3) is 15.9 Å². The second kappa shape index (κ2) is 12.2. The van der Waals surface area contributed by atoms with Crippen molar-refractivity contribution in [3.8, 4) is 0 Å². The number of sulfonamides is 1. The maximum Gasteiger partial charge on any atom is 0.283 e. The lowest BCUT2D eigenvalue weighted by atomic mass is 10.1. The van der Waals surface area contributed by atoms with Gasteiger partial charge in [-0.3, -0.25) is 9.59 Å². The van der Waals surface area contributed by atoms with Crippen LogP contribution in [0, 0.1) is 0 Å². The van der Waals surface area contributed by atoms with Crippen molar-refractivity contribution in [2.45, 2.75) is 43.4 Å². The topological polar surface area (TPSA) is 128 Å². The number of hydrogen-bond acceptors (Lipinski definition) is 8. The first kappa shape index (κ1) is 30.2. The molecule has 2 fully saturated rings. The van der Waals surface area contributed by atoms with Gasteiger partial charge in [-0.2, -0.15) is 4.31 Å². The van der Waals surface area contributed by atoms with Crippen LogP contribution in [0.5, 0.6) is 0 Å². The molecular weight excluding hydrogens is 611 g/mol. The molecule has 0 saturated carbocycles. The first-order valence-electron chi connectivity index (χ1n) is 13.4. The lowest BCUT2D eigenvalue weighted by molar-refractivity contribution is -0.136. The Bertz CT molecular complexity index is 1550. The number of nitrogens with zero attached hydrogens (tertiary/aromatic N) is 4. The summed E-state index contributed by atoms with van der Waals surface area (Å²) in [5.74, 6) is -0.383. The first-order chi connectivity index (χ1) is 19.2. The highest BCUT2D eigenvalue weighted by Crippen LogP contribution is 2.29. The largest absolute Gasteiger partial charge is 0.378 e. The number of thiazole rings is 1. The van der Waals surface area contributed by atoms with Crippen LogP contribution in [0.25, 0.3) is 10.9 Å². The van der Waals surface area contributed by atoms with E-state index in [4.69, 9.17) is 16.3 Å². The van der Waals surface area contributed by atoms with E-state index < -0.39 is 16.1 Å². The Hall–Kier alpha value is -2.26. The fraction of sp³-hybridized carbons (Fsp3) is 0.500. The van der Waals surface area contributed by atoms with E-state index in [1.54, 1.807) is 34.1 Å². The molecule has 0 aliphatic carbocycles. The zero-order valence-corrected chi connectivity index (χ0v) is 25.7. The van der Waals surface area contributed by atoms with Crippen LogP contribution in [0.2, 0.25) is 5.02 Å². The summed E-state index contributed by atoms with van der Waals surface area (Å²) in [4.78, 5) is 39.1. The fourth-order valence-electron chi connectivity index (χ4n) is 5.51. The molecule has 3 aliphatic rings. The number of benzene rings is 1. The average Bonchev–Trinajstić information content (AvgIpc) is 3.57. The number of aromatic nitrogens is 2. The van der Waals surface area contributed by atoms with Crippen molar-refractivity contribution >= 4 is 68.1 Å². The van der Waals surface area contributed by atoms with Gasteiger partial charge in [0.15, 0.2) is 5.01 Å². The number of carbonyl (C=O) groups is 2. The van der Waals surface area contributed by atoms with Crippen LogP contribution in [0.4, 0.5) is 0 Å². The molecule has 1 aromatic carbocycles. The number of aromatic amines is 1. The van der Waals surface area contributed by atoms with Gasteiger partial charge in [0.2, 0.25) is 5.91 Å². The Morgan fingerprint density at radius 3 is 2.73 bits per heavy atom. The van der Waals surface area contributed by atoms with Crippen LogP contribution >= 0.6 is 35.3 Å². The quantitative estimate of drug-likeness (QED) is 0.438. The molecule has 2 amide bonds. The standard InChI is InChI=1S/C26H31ClN6O5S2.ClH/c1-16-10-21-22(14-28-16)39-25(30-21)26(35)33-5-4-32(15-19(33)13-24(34)31-6-8-38-9-7-31)40(36,37)23-12-17-11-18(27)2-3-20(17)29-23;/h2-3,11-12,16,19,28-29H,4-10,13-15H2,1H3;1H. The van der Waals surface area contributed by atoms with Crippen molar-refractivity contribution in [2.75, 3.05) is 45.9 Å². The van der Waals surface area contributed by atoms with E-state index in [1.165, 1.54) is 15.6 Å². The monoisotopic (exact) mass is 642 g/mol. The van der Waals surface area contributed by atoms with Gasteiger partial charge in [0.1, 0.15) is 5.03 Å². The van der Waals surface area contributed by atoms with Crippen LogP contribution in [-0.4, -0.2) is 102 Å². The van der Waals surface area contributed by atoms with E-state index in [9.17, 15) is 18.0 Å². The van der Waals surface area contributed by atoms with Crippen LogP contribution in [0.3, 0.4) is 0 Å². The highest BCUT2D eigenvalue weighted by molar-refractivity contribution is 7.89. The van der Waals surface area contributed by atoms with Crippen molar-refractivity contribution in [1.29, 1.82) is 0 Å². The number of nitrogens with one attached hydrogen (secondary N) is 2. The molecule has 11 nitrogen and oxygen atoms in total. The van der Waals surface area contributed by atoms with Gasteiger partial charge in [-0.25, -0.2) is 13.4 Å². The summed E-state index contributed by atoms with van der Waals surface area (Å²) < 4.78 is 34.2. The Morgan fingerprint density at radius 1 is 1.17 bits per heavy atom. The fourth-order valence-corrected chi connectivity index (χ4v) is 8.17. The molecule has 0 radical (unpaired) electrons. The van der Waals surface area contributed by atoms with E-state index in [1.807, 2.05) is 0 Å². The second-order valence-corrected chi connectivity index (χ2v) is 13.9. The Morgan fingerprint density at radius 2 is 1.95 bits per heavy atom. The minimum Gasteiger partial charge on any atom is -0.378 e. The average molecular weight is 644 g/mol. The zero-order chi connectivity index (χ0) is 28.0. The van der Waals surface area contributed by atoms with Gasteiger partial charge in [0, 0.05) is 79.0 Å². The molecule has 3 aliphatic heterocycles. The summed E-state index contributed by atoms with van der Waals surface area (Å²) in [6.45, 7) is 4.89. The third-order valence-electron chi connectivity index (χ3n) is 7.73. The molecule has 0 bridgehead atoms. The third kappa shape index (κ3) is 6.12. The zero-order valence-electron chi connectivity index (χ0n) is 22.5. The number of ether oxygens (including phenoxy) is 1. The van der Waals surface area contributed by atoms with Crippen molar-refractivity contribution in [1.82, 2.24) is 29.4 Å². The van der Waals surface area contributed by atoms with Gasteiger partial charge in [-0.05, 0) is 31.2 Å². The predicted molar refractivity (Wildman–Crippen MR) is 158 cm³/mol. The first-order valence-corrected chi connectivity index (χ1v) is 16.0. The normalized spacial score (nSPS) is 21.9. The van der Waals surface area contributed by atoms with Gasteiger partial charge in [-0.1, -0.05) is 11.6 Å². The van der Waals surface area contributed by atoms with Gasteiger partial charge in [-0.15, -0.1) is 23.7 Å². The Balaban J connectivity index is 0.00000337. The van der Waals surface area contributed by atoms with Gasteiger partial charge >= 0.3 is 0 Å². The van der Waals surface area contributed by atoms with E-state index in [-0.39, 0.29) is 61.3 Å². The van der Waals surface area contributed by atoms with E-state index >= 15 is 0 Å². The second-order valence-electron chi connectivity index (χ2n) is 10.5. The summed E-state index contributed by atoms with van der Waals surface area (Å²) in [6.07, 6.45) is 0.767. The maximum atomic E-state index is 13.8. The van der Waals surface area contributed by atoms with Gasteiger partial charge in [0.05, 0.1) is 24.9 Å². The van der Waals surface area contributed by atoms with Crippen molar-refractivity contribution < 1.29 is 22.7 Å². The number of carbonyl (C=O) groups excluding carboxylic acids is 2. The summed E-state index contributed by atoms with van der Waals surface area (Å²) in [6, 6.07) is 6.35. The van der Waals surface area contributed by atoms with Crippen molar-refractivity contribution in [3.63, 3.8) is 0 Å². The SMILES string of the molecule is CC1Cc2nc(C(=O)N3CCN(S(=O)(=O)c4cc5cc(Cl)ccc5[nH]4)CC3CC(=O)N3CCOCC3)sc2CN1.Cl. The summed E-state index contributed by atoms with van der Waals surface area (Å²) >= 11 is 7.47. The minimum absolute atomic E-state index is 0. The lowest BCUT2D eigenvalue weighted by Crippen LogP contribution is -2.58. The highest BCUT2D eigenvalue weighted by atomic mass is 35.5. The molecule has 15 heteroatoms. The van der Waals surface area contributed by atoms with E-state index in [0.717, 1.165) is 17.0 Å². The number of morpholine rings is 1. The van der Waals surface area contributed by atoms with Crippen LogP contribution in [0.1, 0.15) is 33.7 Å². The Labute approximate surface area is 253 Å². The van der Waals surface area contributed by atoms with Gasteiger partial charge < -0.3 is 24.8 Å². The molecular formula is C26H32Cl2N6O5S2. The van der Waals surface area contributed by atoms with Crippen LogP contribution in [-0.2, 0) is 32.5 Å². The smallest absolute Gasteiger partial charge is 0.283 e. The number of amides is 2. The molecule has 3 aromatic rings. The maximum absolute atomic E-state index is 13.8. The Kier molecular flexibility index (Phi) is 8.95. The molecule has 2 N–H and O–H groups in total. The number of halogens is 2. The molecule has 2 saturated heterocycles. The van der Waals surface area contributed by atoms with E-state index in [2.05, 4.69) is 22.2 Å². The predicted octanol–water partition coefficient (Wildman–Crippen LogP) is 2.50. The van der Waals surface area contributed by atoms with Crippen molar-refractivity contribution in [3.05, 3.63) is 44.9 Å². The number of piperazine rings is 1. The molecule has 5 heterocycles. The molecule has 0 spiro atoms. The van der Waals surface area contributed by atoms with Crippen LogP contribution < -0.4 is 5.32 Å². The third-order valence-corrected chi connectivity index (χ3v) is 10.8. The molecule has 41 heavy (non-hydrogen) atoms. The minimum atomic E-state index is -3.92. The molecule has 2 aromatic heterocycles. The molecule has 2 unspecified atom stereocenters. The lowest BCUT2D eigenvalue weighted by Gasteiger charge is -2.41. The summed E-state index contributed by atoms with van der Waals surface area (Å²) in [5, 5.41) is 5.03. The van der Waals surface area contributed by atoms with Crippen LogP contribution in [0.15, 0.2) is 29.3 Å².